The van der Waals surface area contributed by atoms with Gasteiger partial charge in [0.1, 0.15) is 6.61 Å². The third-order valence-electron chi connectivity index (χ3n) is 2.17. The number of ether oxygens (including phenoxy) is 1. The number of nitrogens with one attached hydrogen (secondary N) is 1. The van der Waals surface area contributed by atoms with Crippen molar-refractivity contribution >= 4 is 0 Å². The van der Waals surface area contributed by atoms with Gasteiger partial charge in [0.05, 0.1) is 19.3 Å². The fourth-order valence-corrected chi connectivity index (χ4v) is 1.38. The second-order valence-electron chi connectivity index (χ2n) is 3.96. The fraction of sp³-hybridized carbons (Fsp3) is 0.727. The van der Waals surface area contributed by atoms with Crippen LogP contribution >= 0.6 is 0 Å². The van der Waals surface area contributed by atoms with E-state index >= 15 is 0 Å². The Kier molecular flexibility index (Phi) is 6.14. The number of aromatic nitrogens is 2. The summed E-state index contributed by atoms with van der Waals surface area (Å²) < 4.78 is 41.5. The average molecular weight is 265 g/mol. The predicted molar refractivity (Wildman–Crippen MR) is 61.1 cm³/mol. The number of nitrogens with zero attached hydrogens (tertiary/aromatic N) is 2. The molecule has 0 radical (unpaired) electrons. The summed E-state index contributed by atoms with van der Waals surface area (Å²) in [7, 11) is 0. The molecule has 0 fully saturated rings. The largest absolute Gasteiger partial charge is 0.411 e. The van der Waals surface area contributed by atoms with Crippen LogP contribution in [0.2, 0.25) is 0 Å². The van der Waals surface area contributed by atoms with Gasteiger partial charge in [0, 0.05) is 18.3 Å². The Morgan fingerprint density at radius 2 is 2.22 bits per heavy atom. The first kappa shape index (κ1) is 15.0. The summed E-state index contributed by atoms with van der Waals surface area (Å²) >= 11 is 0. The summed E-state index contributed by atoms with van der Waals surface area (Å²) in [6, 6.07) is 0. The van der Waals surface area contributed by atoms with Gasteiger partial charge in [0.15, 0.2) is 0 Å². The molecule has 0 saturated heterocycles. The molecule has 0 aliphatic rings. The maximum atomic E-state index is 11.8. The van der Waals surface area contributed by atoms with Crippen molar-refractivity contribution in [2.45, 2.75) is 32.6 Å². The lowest BCUT2D eigenvalue weighted by atomic mass is 10.3. The topological polar surface area (TPSA) is 39.1 Å². The molecule has 0 unspecified atom stereocenters. The van der Waals surface area contributed by atoms with Gasteiger partial charge in [-0.2, -0.15) is 18.3 Å². The van der Waals surface area contributed by atoms with E-state index in [1.54, 1.807) is 17.1 Å². The Hall–Kier alpha value is -1.08. The second kappa shape index (κ2) is 7.38. The predicted octanol–water partition coefficient (Wildman–Crippen LogP) is 1.96. The molecule has 0 saturated carbocycles. The van der Waals surface area contributed by atoms with Crippen molar-refractivity contribution < 1.29 is 17.9 Å². The van der Waals surface area contributed by atoms with Crippen LogP contribution in [0, 0.1) is 0 Å². The number of alkyl halides is 3. The zero-order chi connectivity index (χ0) is 13.4. The van der Waals surface area contributed by atoms with E-state index in [-0.39, 0.29) is 6.61 Å². The van der Waals surface area contributed by atoms with Crippen LogP contribution in [0.5, 0.6) is 0 Å². The van der Waals surface area contributed by atoms with Crippen molar-refractivity contribution in [2.24, 2.45) is 0 Å². The van der Waals surface area contributed by atoms with Gasteiger partial charge in [-0.05, 0) is 13.0 Å². The van der Waals surface area contributed by atoms with Crippen molar-refractivity contribution in [3.63, 3.8) is 0 Å². The molecular weight excluding hydrogens is 247 g/mol. The van der Waals surface area contributed by atoms with Crippen LogP contribution in [0.15, 0.2) is 12.4 Å². The summed E-state index contributed by atoms with van der Waals surface area (Å²) in [5.74, 6) is 0. The quantitative estimate of drug-likeness (QED) is 0.730. The van der Waals surface area contributed by atoms with Gasteiger partial charge in [-0.15, -0.1) is 0 Å². The zero-order valence-electron chi connectivity index (χ0n) is 10.3. The Morgan fingerprint density at radius 1 is 1.44 bits per heavy atom. The highest BCUT2D eigenvalue weighted by Crippen LogP contribution is 2.14. The molecule has 1 aromatic heterocycles. The van der Waals surface area contributed by atoms with Crippen LogP contribution in [-0.2, 0) is 17.8 Å². The van der Waals surface area contributed by atoms with Crippen molar-refractivity contribution in [3.8, 4) is 0 Å². The molecule has 1 N–H and O–H groups in total. The van der Waals surface area contributed by atoms with E-state index in [0.717, 1.165) is 25.1 Å². The van der Waals surface area contributed by atoms with E-state index in [4.69, 9.17) is 0 Å². The molecule has 0 aromatic carbocycles. The first-order valence-corrected chi connectivity index (χ1v) is 5.88. The molecule has 1 rings (SSSR count). The SMILES string of the molecule is CCCNCc1cnn(CCOCC(F)(F)F)c1. The monoisotopic (exact) mass is 265 g/mol. The lowest BCUT2D eigenvalue weighted by Gasteiger charge is -2.07. The van der Waals surface area contributed by atoms with Crippen molar-refractivity contribution in [1.82, 2.24) is 15.1 Å². The van der Waals surface area contributed by atoms with Gasteiger partial charge in [0.25, 0.3) is 0 Å². The summed E-state index contributed by atoms with van der Waals surface area (Å²) in [6.07, 6.45) is 0.296. The Bertz CT molecular complexity index is 339. The van der Waals surface area contributed by atoms with E-state index in [2.05, 4.69) is 22.1 Å². The van der Waals surface area contributed by atoms with Crippen molar-refractivity contribution in [3.05, 3.63) is 18.0 Å². The van der Waals surface area contributed by atoms with Crippen LogP contribution in [-0.4, -0.2) is 35.7 Å². The van der Waals surface area contributed by atoms with E-state index in [1.807, 2.05) is 0 Å². The van der Waals surface area contributed by atoms with E-state index < -0.39 is 12.8 Å². The minimum absolute atomic E-state index is 0.00299. The molecule has 4 nitrogen and oxygen atoms in total. The highest BCUT2D eigenvalue weighted by atomic mass is 19.4. The number of hydrogen-bond acceptors (Lipinski definition) is 3. The molecule has 0 amide bonds. The lowest BCUT2D eigenvalue weighted by molar-refractivity contribution is -0.174. The normalized spacial score (nSPS) is 12.0. The summed E-state index contributed by atoms with van der Waals surface area (Å²) in [4.78, 5) is 0. The van der Waals surface area contributed by atoms with E-state index in [9.17, 15) is 13.2 Å². The van der Waals surface area contributed by atoms with Gasteiger partial charge >= 0.3 is 6.18 Å². The highest BCUT2D eigenvalue weighted by Gasteiger charge is 2.27. The molecule has 0 aliphatic heterocycles. The first-order valence-electron chi connectivity index (χ1n) is 5.88. The van der Waals surface area contributed by atoms with Gasteiger partial charge in [-0.1, -0.05) is 6.92 Å². The number of rotatable bonds is 8. The smallest absolute Gasteiger partial charge is 0.370 e. The van der Waals surface area contributed by atoms with Gasteiger partial charge in [-0.3, -0.25) is 4.68 Å². The minimum Gasteiger partial charge on any atom is -0.370 e. The molecule has 0 bridgehead atoms. The van der Waals surface area contributed by atoms with Gasteiger partial charge < -0.3 is 10.1 Å². The van der Waals surface area contributed by atoms with Crippen molar-refractivity contribution in [1.29, 1.82) is 0 Å². The highest BCUT2D eigenvalue weighted by molar-refractivity contribution is 5.03. The third kappa shape index (κ3) is 6.61. The molecule has 1 aromatic rings. The molecule has 18 heavy (non-hydrogen) atoms. The minimum atomic E-state index is -4.26. The molecule has 0 aliphatic carbocycles. The Balaban J connectivity index is 2.19. The van der Waals surface area contributed by atoms with Gasteiger partial charge in [0.2, 0.25) is 0 Å². The lowest BCUT2D eigenvalue weighted by Crippen LogP contribution is -2.19. The maximum absolute atomic E-state index is 11.8. The van der Waals surface area contributed by atoms with Crippen LogP contribution < -0.4 is 5.32 Å². The molecule has 0 spiro atoms. The van der Waals surface area contributed by atoms with Crippen LogP contribution in [0.3, 0.4) is 0 Å². The van der Waals surface area contributed by atoms with Crippen LogP contribution in [0.4, 0.5) is 13.2 Å². The fourth-order valence-electron chi connectivity index (χ4n) is 1.38. The Morgan fingerprint density at radius 3 is 2.89 bits per heavy atom. The molecule has 1 heterocycles. The molecule has 104 valence electrons. The number of halogens is 3. The zero-order valence-corrected chi connectivity index (χ0v) is 10.3. The van der Waals surface area contributed by atoms with E-state index in [1.165, 1.54) is 0 Å². The Labute approximate surface area is 104 Å². The summed E-state index contributed by atoms with van der Waals surface area (Å²) in [6.45, 7) is 2.84. The van der Waals surface area contributed by atoms with Gasteiger partial charge in [-0.25, -0.2) is 0 Å². The summed E-state index contributed by atoms with van der Waals surface area (Å²) in [5.41, 5.74) is 1.01. The van der Waals surface area contributed by atoms with Crippen LogP contribution in [0.25, 0.3) is 0 Å². The molecule has 0 atom stereocenters. The number of hydrogen-bond donors (Lipinski definition) is 1. The van der Waals surface area contributed by atoms with Crippen LogP contribution in [0.1, 0.15) is 18.9 Å². The maximum Gasteiger partial charge on any atom is 0.411 e. The summed E-state index contributed by atoms with van der Waals surface area (Å²) in [5, 5.41) is 7.26. The molecule has 7 heteroatoms. The molecular formula is C11H18F3N3O. The average Bonchev–Trinajstić information content (AvgIpc) is 2.72. The second-order valence-corrected chi connectivity index (χ2v) is 3.96. The third-order valence-corrected chi connectivity index (χ3v) is 2.17. The van der Waals surface area contributed by atoms with Crippen molar-refractivity contribution in [2.75, 3.05) is 19.8 Å². The standard InChI is InChI=1S/C11H18F3N3O/c1-2-3-15-6-10-7-16-17(8-10)4-5-18-9-11(12,13)14/h7-8,15H,2-6,9H2,1H3. The first-order chi connectivity index (χ1) is 8.51. The van der Waals surface area contributed by atoms with E-state index in [0.29, 0.717) is 6.54 Å².